The number of β-amino-alcohol motifs (C(OH)–C–C–N with tert-alkyl or cyclic N) is 1. The van der Waals surface area contributed by atoms with Gasteiger partial charge in [0.2, 0.25) is 0 Å². The first-order valence-corrected chi connectivity index (χ1v) is 8.05. The van der Waals surface area contributed by atoms with E-state index >= 15 is 0 Å². The Bertz CT molecular complexity index is 341. The third-order valence-electron chi connectivity index (χ3n) is 5.06. The summed E-state index contributed by atoms with van der Waals surface area (Å²) >= 11 is 0. The smallest absolute Gasteiger partial charge is 0.0793 e. The van der Waals surface area contributed by atoms with Crippen LogP contribution in [-0.2, 0) is 4.74 Å². The molecule has 0 aromatic rings. The molecule has 4 atom stereocenters. The Morgan fingerprint density at radius 3 is 2.75 bits per heavy atom. The van der Waals surface area contributed by atoms with E-state index in [1.807, 2.05) is 0 Å². The van der Waals surface area contributed by atoms with Gasteiger partial charge in [0.25, 0.3) is 0 Å². The number of hydrogen-bond acceptors (Lipinski definition) is 4. The summed E-state index contributed by atoms with van der Waals surface area (Å²) in [5, 5.41) is 10.2. The van der Waals surface area contributed by atoms with Gasteiger partial charge in [-0.3, -0.25) is 4.90 Å². The van der Waals surface area contributed by atoms with Crippen LogP contribution in [0.3, 0.4) is 0 Å². The molecule has 0 spiro atoms. The number of ether oxygens (including phenoxy) is 1. The van der Waals surface area contributed by atoms with Gasteiger partial charge < -0.3 is 14.7 Å². The van der Waals surface area contributed by atoms with Crippen LogP contribution in [0.15, 0.2) is 12.2 Å². The third kappa shape index (κ3) is 3.61. The molecule has 0 amide bonds. The first-order valence-electron chi connectivity index (χ1n) is 8.05. The highest BCUT2D eigenvalue weighted by Crippen LogP contribution is 2.43. The predicted molar refractivity (Wildman–Crippen MR) is 79.6 cm³/mol. The standard InChI is InChI=1S/C16H28N2O2/c1-17(10-15-9-13-2-3-14(15)8-13)11-16(19)12-18-4-6-20-7-5-18/h2-3,13-16,19H,4-12H2,1H3. The number of rotatable bonds is 6. The fourth-order valence-electron chi connectivity index (χ4n) is 4.08. The first kappa shape index (κ1) is 14.5. The van der Waals surface area contributed by atoms with E-state index < -0.39 is 0 Å². The maximum absolute atomic E-state index is 10.2. The summed E-state index contributed by atoms with van der Waals surface area (Å²) in [4.78, 5) is 4.63. The lowest BCUT2D eigenvalue weighted by atomic mass is 9.93. The number of hydrogen-bond donors (Lipinski definition) is 1. The molecule has 3 aliphatic rings. The highest BCUT2D eigenvalue weighted by Gasteiger charge is 2.36. The minimum Gasteiger partial charge on any atom is -0.390 e. The Balaban J connectivity index is 1.37. The van der Waals surface area contributed by atoms with Crippen molar-refractivity contribution >= 4 is 0 Å². The van der Waals surface area contributed by atoms with E-state index in [0.29, 0.717) is 0 Å². The molecule has 1 heterocycles. The van der Waals surface area contributed by atoms with Crippen LogP contribution in [0.25, 0.3) is 0 Å². The summed E-state index contributed by atoms with van der Waals surface area (Å²) in [5.74, 6) is 2.46. The van der Waals surface area contributed by atoms with E-state index in [1.54, 1.807) is 0 Å². The molecular weight excluding hydrogens is 252 g/mol. The molecule has 2 aliphatic carbocycles. The molecule has 114 valence electrons. The van der Waals surface area contributed by atoms with E-state index in [1.165, 1.54) is 12.8 Å². The summed E-state index contributed by atoms with van der Waals surface area (Å²) in [6, 6.07) is 0. The van der Waals surface area contributed by atoms with E-state index in [0.717, 1.165) is 63.7 Å². The molecule has 4 nitrogen and oxygen atoms in total. The average Bonchev–Trinajstić information content (AvgIpc) is 3.01. The number of allylic oxidation sites excluding steroid dienone is 2. The maximum Gasteiger partial charge on any atom is 0.0793 e. The molecule has 1 saturated heterocycles. The molecule has 4 unspecified atom stereocenters. The van der Waals surface area contributed by atoms with Crippen LogP contribution < -0.4 is 0 Å². The maximum atomic E-state index is 10.2. The quantitative estimate of drug-likeness (QED) is 0.731. The topological polar surface area (TPSA) is 35.9 Å². The van der Waals surface area contributed by atoms with Crippen molar-refractivity contribution in [2.45, 2.75) is 18.9 Å². The number of fused-ring (bicyclic) bond motifs is 2. The highest BCUT2D eigenvalue weighted by molar-refractivity contribution is 5.10. The number of likely N-dealkylation sites (N-methyl/N-ethyl adjacent to an activating group) is 1. The van der Waals surface area contributed by atoms with Gasteiger partial charge in [-0.1, -0.05) is 12.2 Å². The van der Waals surface area contributed by atoms with Gasteiger partial charge >= 0.3 is 0 Å². The highest BCUT2D eigenvalue weighted by atomic mass is 16.5. The van der Waals surface area contributed by atoms with Crippen LogP contribution in [0.4, 0.5) is 0 Å². The molecule has 4 heteroatoms. The van der Waals surface area contributed by atoms with Gasteiger partial charge in [-0.15, -0.1) is 0 Å². The second kappa shape index (κ2) is 6.56. The van der Waals surface area contributed by atoms with Crippen molar-refractivity contribution in [1.29, 1.82) is 0 Å². The first-order chi connectivity index (χ1) is 9.70. The fraction of sp³-hybridized carbons (Fsp3) is 0.875. The lowest BCUT2D eigenvalue weighted by molar-refractivity contribution is 0.00763. The van der Waals surface area contributed by atoms with Crippen LogP contribution in [0.1, 0.15) is 12.8 Å². The van der Waals surface area contributed by atoms with Crippen LogP contribution in [-0.4, -0.2) is 74.0 Å². The van der Waals surface area contributed by atoms with Crippen LogP contribution in [0.5, 0.6) is 0 Å². The zero-order valence-electron chi connectivity index (χ0n) is 12.6. The summed E-state index contributed by atoms with van der Waals surface area (Å²) in [6.07, 6.45) is 7.29. The minimum atomic E-state index is -0.243. The summed E-state index contributed by atoms with van der Waals surface area (Å²) in [6.45, 7) is 6.22. The molecule has 1 saturated carbocycles. The summed E-state index contributed by atoms with van der Waals surface area (Å²) in [7, 11) is 2.15. The van der Waals surface area contributed by atoms with Gasteiger partial charge in [-0.2, -0.15) is 0 Å². The lowest BCUT2D eigenvalue weighted by Gasteiger charge is -2.31. The molecule has 1 aliphatic heterocycles. The van der Waals surface area contributed by atoms with E-state index in [9.17, 15) is 5.11 Å². The summed E-state index contributed by atoms with van der Waals surface area (Å²) in [5.41, 5.74) is 0. The molecule has 3 rings (SSSR count). The minimum absolute atomic E-state index is 0.243. The Morgan fingerprint density at radius 1 is 1.30 bits per heavy atom. The normalized spacial score (nSPS) is 35.0. The second-order valence-electron chi connectivity index (χ2n) is 6.83. The molecule has 1 N–H and O–H groups in total. The van der Waals surface area contributed by atoms with Crippen LogP contribution >= 0.6 is 0 Å². The van der Waals surface area contributed by atoms with Crippen molar-refractivity contribution in [2.24, 2.45) is 17.8 Å². The van der Waals surface area contributed by atoms with Gasteiger partial charge in [-0.05, 0) is 37.6 Å². The van der Waals surface area contributed by atoms with Crippen molar-refractivity contribution in [3.63, 3.8) is 0 Å². The Labute approximate surface area is 122 Å². The molecule has 0 radical (unpaired) electrons. The average molecular weight is 280 g/mol. The Kier molecular flexibility index (Phi) is 4.76. The van der Waals surface area contributed by atoms with Crippen LogP contribution in [0, 0.1) is 17.8 Å². The Hall–Kier alpha value is -0.420. The zero-order chi connectivity index (χ0) is 13.9. The van der Waals surface area contributed by atoms with Crippen molar-refractivity contribution in [3.05, 3.63) is 12.2 Å². The fourth-order valence-corrected chi connectivity index (χ4v) is 4.08. The SMILES string of the molecule is CN(CC(O)CN1CCOCC1)CC1CC2C=CC1C2. The van der Waals surface area contributed by atoms with E-state index in [2.05, 4.69) is 29.0 Å². The van der Waals surface area contributed by atoms with Gasteiger partial charge in [0.1, 0.15) is 0 Å². The number of aliphatic hydroxyl groups is 1. The number of morpholine rings is 1. The van der Waals surface area contributed by atoms with Gasteiger partial charge in [0.15, 0.2) is 0 Å². The molecule has 0 aromatic carbocycles. The number of nitrogens with zero attached hydrogens (tertiary/aromatic N) is 2. The third-order valence-corrected chi connectivity index (χ3v) is 5.06. The molecular formula is C16H28N2O2. The zero-order valence-corrected chi connectivity index (χ0v) is 12.6. The van der Waals surface area contributed by atoms with Crippen molar-refractivity contribution in [1.82, 2.24) is 9.80 Å². The van der Waals surface area contributed by atoms with Crippen molar-refractivity contribution < 1.29 is 9.84 Å². The van der Waals surface area contributed by atoms with Crippen molar-refractivity contribution in [3.8, 4) is 0 Å². The second-order valence-corrected chi connectivity index (χ2v) is 6.83. The monoisotopic (exact) mass is 280 g/mol. The molecule has 2 bridgehead atoms. The Morgan fingerprint density at radius 2 is 2.10 bits per heavy atom. The van der Waals surface area contributed by atoms with E-state index in [4.69, 9.17) is 4.74 Å². The summed E-state index contributed by atoms with van der Waals surface area (Å²) < 4.78 is 5.34. The van der Waals surface area contributed by atoms with E-state index in [-0.39, 0.29) is 6.10 Å². The lowest BCUT2D eigenvalue weighted by Crippen LogP contribution is -2.44. The van der Waals surface area contributed by atoms with Crippen LogP contribution in [0.2, 0.25) is 0 Å². The molecule has 2 fully saturated rings. The van der Waals surface area contributed by atoms with Gasteiger partial charge in [0, 0.05) is 32.7 Å². The number of aliphatic hydroxyl groups excluding tert-OH is 1. The van der Waals surface area contributed by atoms with Gasteiger partial charge in [0.05, 0.1) is 19.3 Å². The largest absolute Gasteiger partial charge is 0.390 e. The van der Waals surface area contributed by atoms with Gasteiger partial charge in [-0.25, -0.2) is 0 Å². The van der Waals surface area contributed by atoms with Crippen molar-refractivity contribution in [2.75, 3.05) is 53.0 Å². The predicted octanol–water partition coefficient (Wildman–Crippen LogP) is 0.824. The molecule has 0 aromatic heterocycles. The molecule has 20 heavy (non-hydrogen) atoms.